The molecule has 15 heteroatoms. The highest BCUT2D eigenvalue weighted by Gasteiger charge is 2.53. The van der Waals surface area contributed by atoms with Crippen LogP contribution in [0.2, 0.25) is 5.02 Å². The fraction of sp³-hybridized carbons (Fsp3) is 0.457. The molecule has 2 atom stereocenters. The van der Waals surface area contributed by atoms with E-state index in [9.17, 15) is 18.4 Å². The van der Waals surface area contributed by atoms with Gasteiger partial charge in [-0.15, -0.1) is 5.10 Å². The van der Waals surface area contributed by atoms with Gasteiger partial charge in [-0.25, -0.2) is 28.1 Å². The van der Waals surface area contributed by atoms with Crippen LogP contribution in [-0.2, 0) is 19.9 Å². The molecule has 1 fully saturated rings. The minimum atomic E-state index is -2.93. The second-order valence-electron chi connectivity index (χ2n) is 14.5. The van der Waals surface area contributed by atoms with E-state index in [-0.39, 0.29) is 41.0 Å². The Morgan fingerprint density at radius 2 is 1.86 bits per heavy atom. The van der Waals surface area contributed by atoms with Crippen molar-refractivity contribution in [3.63, 3.8) is 0 Å². The van der Waals surface area contributed by atoms with Crippen molar-refractivity contribution in [2.75, 3.05) is 6.61 Å². The van der Waals surface area contributed by atoms with E-state index in [0.717, 1.165) is 35.1 Å². The molecule has 1 aliphatic carbocycles. The van der Waals surface area contributed by atoms with Crippen molar-refractivity contribution in [2.24, 2.45) is 22.1 Å². The summed E-state index contributed by atoms with van der Waals surface area (Å²) in [4.78, 5) is 37.6. The molecule has 50 heavy (non-hydrogen) atoms. The average Bonchev–Trinajstić information content (AvgIpc) is 3.45. The van der Waals surface area contributed by atoms with Crippen LogP contribution in [0.4, 0.5) is 8.78 Å². The summed E-state index contributed by atoms with van der Waals surface area (Å²) < 4.78 is 36.2. The van der Waals surface area contributed by atoms with Crippen molar-refractivity contribution in [1.29, 1.82) is 0 Å². The Kier molecular flexibility index (Phi) is 9.51. The van der Waals surface area contributed by atoms with E-state index in [0.29, 0.717) is 23.6 Å². The van der Waals surface area contributed by atoms with E-state index >= 15 is 0 Å². The lowest BCUT2D eigenvalue weighted by atomic mass is 9.75. The summed E-state index contributed by atoms with van der Waals surface area (Å²) in [7, 11) is 0. The second kappa shape index (κ2) is 13.5. The van der Waals surface area contributed by atoms with Crippen molar-refractivity contribution in [3.05, 3.63) is 77.0 Å². The summed E-state index contributed by atoms with van der Waals surface area (Å²) in [5.74, 6) is -1.54. The van der Waals surface area contributed by atoms with E-state index in [2.05, 4.69) is 20.4 Å². The van der Waals surface area contributed by atoms with Crippen LogP contribution >= 0.6 is 11.6 Å². The summed E-state index contributed by atoms with van der Waals surface area (Å²) in [6, 6.07) is 11.5. The summed E-state index contributed by atoms with van der Waals surface area (Å²) in [5, 5.41) is 12.7. The largest absolute Gasteiger partial charge is 0.463 e. The van der Waals surface area contributed by atoms with Gasteiger partial charge in [0.05, 0.1) is 29.0 Å². The van der Waals surface area contributed by atoms with Crippen molar-refractivity contribution < 1.29 is 23.1 Å². The van der Waals surface area contributed by atoms with E-state index < -0.39 is 35.7 Å². The highest BCUT2D eigenvalue weighted by molar-refractivity contribution is 6.32. The highest BCUT2D eigenvalue weighted by Crippen LogP contribution is 2.45. The van der Waals surface area contributed by atoms with Crippen molar-refractivity contribution in [1.82, 2.24) is 34.7 Å². The fourth-order valence-electron chi connectivity index (χ4n) is 6.29. The van der Waals surface area contributed by atoms with Gasteiger partial charge in [0.15, 0.2) is 17.3 Å². The van der Waals surface area contributed by atoms with Gasteiger partial charge in [0.1, 0.15) is 18.6 Å². The molecular weight excluding hydrogens is 668 g/mol. The molecule has 264 valence electrons. The molecule has 2 N–H and O–H groups in total. The number of amides is 1. The lowest BCUT2D eigenvalue weighted by Crippen LogP contribution is -2.47. The molecule has 3 heterocycles. The van der Waals surface area contributed by atoms with Crippen LogP contribution in [0.25, 0.3) is 16.9 Å². The molecule has 2 aromatic heterocycles. The number of nitrogens with zero attached hydrogens (tertiary/aromatic N) is 8. The quantitative estimate of drug-likeness (QED) is 0.163. The summed E-state index contributed by atoms with van der Waals surface area (Å²) in [6.45, 7) is 9.52. The van der Waals surface area contributed by atoms with Gasteiger partial charge in [-0.3, -0.25) is 14.5 Å². The van der Waals surface area contributed by atoms with Gasteiger partial charge in [0.2, 0.25) is 0 Å². The number of hydrogen-bond donors (Lipinski definition) is 1. The number of aromatic nitrogens is 6. The second-order valence-corrected chi connectivity index (χ2v) is 14.9. The Bertz CT molecular complexity index is 1910. The molecule has 0 bridgehead atoms. The van der Waals surface area contributed by atoms with Gasteiger partial charge >= 0.3 is 5.97 Å². The standard InChI is InChI=1S/C35H40ClF2N9O3/c1-20(2)14-29(48)50-17-28(22-8-13-25(36)27(15-22)47-31(30(37)38)40-19-41-47)46-32(49)35(42-33(46)39,18-34(3,4)5)23-9-6-21(7-10-23)26-16-45(44-43-26)24-11-12-24/h6-10,13,15-16,19-20,24,28,30H,11-12,14,17-18H2,1-5H3,(H2,39,42)/t28-,35-/m1/s1. The number of guanidine groups is 1. The number of alkyl halides is 2. The first-order valence-corrected chi connectivity index (χ1v) is 16.9. The zero-order chi connectivity index (χ0) is 36.0. The van der Waals surface area contributed by atoms with Crippen LogP contribution in [0, 0.1) is 11.3 Å². The number of ether oxygens (including phenoxy) is 1. The highest BCUT2D eigenvalue weighted by atomic mass is 35.5. The number of nitrogens with two attached hydrogens (primary N) is 1. The number of rotatable bonds is 12. The number of hydrogen-bond acceptors (Lipinski definition) is 9. The van der Waals surface area contributed by atoms with Gasteiger partial charge in [-0.1, -0.05) is 81.8 Å². The Morgan fingerprint density at radius 3 is 2.50 bits per heavy atom. The number of benzene rings is 2. The maximum absolute atomic E-state index is 14.9. The predicted molar refractivity (Wildman–Crippen MR) is 182 cm³/mol. The monoisotopic (exact) mass is 707 g/mol. The summed E-state index contributed by atoms with van der Waals surface area (Å²) in [5.41, 5.74) is 7.54. The Hall–Kier alpha value is -4.72. The third kappa shape index (κ3) is 7.11. The lowest BCUT2D eigenvalue weighted by molar-refractivity contribution is -0.148. The molecule has 2 aromatic carbocycles. The van der Waals surface area contributed by atoms with Crippen molar-refractivity contribution >= 4 is 29.4 Å². The molecule has 0 spiro atoms. The van der Waals surface area contributed by atoms with Crippen LogP contribution in [0.1, 0.15) is 95.8 Å². The van der Waals surface area contributed by atoms with E-state index in [4.69, 9.17) is 27.1 Å². The zero-order valence-electron chi connectivity index (χ0n) is 28.6. The number of halogens is 3. The third-order valence-electron chi connectivity index (χ3n) is 8.64. The van der Waals surface area contributed by atoms with Crippen LogP contribution in [0.15, 0.2) is 60.0 Å². The van der Waals surface area contributed by atoms with E-state index in [1.807, 2.05) is 69.8 Å². The number of carbonyl (C=O) groups is 2. The molecule has 0 saturated heterocycles. The first-order chi connectivity index (χ1) is 23.7. The molecule has 6 rings (SSSR count). The minimum Gasteiger partial charge on any atom is -0.463 e. The van der Waals surface area contributed by atoms with Gasteiger partial charge in [-0.2, -0.15) is 5.10 Å². The van der Waals surface area contributed by atoms with Gasteiger partial charge in [0.25, 0.3) is 12.3 Å². The predicted octanol–water partition coefficient (Wildman–Crippen LogP) is 6.57. The molecule has 1 aliphatic heterocycles. The number of carbonyl (C=O) groups excluding carboxylic acids is 2. The third-order valence-corrected chi connectivity index (χ3v) is 8.96. The first kappa shape index (κ1) is 35.1. The molecule has 4 aromatic rings. The molecule has 0 radical (unpaired) electrons. The van der Waals surface area contributed by atoms with E-state index in [1.165, 1.54) is 17.0 Å². The van der Waals surface area contributed by atoms with Crippen LogP contribution < -0.4 is 5.73 Å². The van der Waals surface area contributed by atoms with Gasteiger partial charge in [0, 0.05) is 12.0 Å². The molecular formula is C35H40ClF2N9O3. The molecule has 2 aliphatic rings. The number of aliphatic imine (C=N–C) groups is 1. The zero-order valence-corrected chi connectivity index (χ0v) is 29.3. The van der Waals surface area contributed by atoms with Gasteiger partial charge < -0.3 is 10.5 Å². The maximum Gasteiger partial charge on any atom is 0.306 e. The fourth-order valence-corrected chi connectivity index (χ4v) is 6.48. The van der Waals surface area contributed by atoms with E-state index in [1.54, 1.807) is 6.07 Å². The molecule has 0 unspecified atom stereocenters. The minimum absolute atomic E-state index is 0.0314. The van der Waals surface area contributed by atoms with Crippen LogP contribution in [0.5, 0.6) is 0 Å². The Labute approximate surface area is 293 Å². The Balaban J connectivity index is 1.40. The van der Waals surface area contributed by atoms with Crippen LogP contribution in [0.3, 0.4) is 0 Å². The molecule has 12 nitrogen and oxygen atoms in total. The maximum atomic E-state index is 14.9. The smallest absolute Gasteiger partial charge is 0.306 e. The van der Waals surface area contributed by atoms with Crippen LogP contribution in [-0.4, -0.2) is 59.1 Å². The first-order valence-electron chi connectivity index (χ1n) is 16.5. The van der Waals surface area contributed by atoms with Crippen molar-refractivity contribution in [2.45, 2.75) is 84.4 Å². The SMILES string of the molecule is CC(C)CC(=O)OC[C@H](c1ccc(Cl)c(-n2ncnc2C(F)F)c1)N1C(=O)[C@@](CC(C)(C)C)(c2ccc(-c3cn(C4CC4)nn3)cc2)N=C1N. The van der Waals surface area contributed by atoms with Crippen molar-refractivity contribution in [3.8, 4) is 16.9 Å². The topological polar surface area (TPSA) is 146 Å². The Morgan fingerprint density at radius 1 is 1.14 bits per heavy atom. The molecule has 1 saturated carbocycles. The molecule has 1 amide bonds. The number of esters is 1. The summed E-state index contributed by atoms with van der Waals surface area (Å²) in [6.07, 6.45) is 2.62. The summed E-state index contributed by atoms with van der Waals surface area (Å²) >= 11 is 6.49. The average molecular weight is 708 g/mol. The lowest BCUT2D eigenvalue weighted by Gasteiger charge is -2.35. The normalized spacial score (nSPS) is 18.6. The van der Waals surface area contributed by atoms with Gasteiger partial charge in [-0.05, 0) is 53.9 Å².